The minimum atomic E-state index is -0.477. The van der Waals surface area contributed by atoms with Crippen LogP contribution in [0.3, 0.4) is 0 Å². The Hall–Kier alpha value is -2.70. The second kappa shape index (κ2) is 10.6. The van der Waals surface area contributed by atoms with Gasteiger partial charge in [0.05, 0.1) is 18.2 Å². The average Bonchev–Trinajstić information content (AvgIpc) is 3.17. The molecule has 0 saturated carbocycles. The number of nitrogens with one attached hydrogen (secondary N) is 1. The van der Waals surface area contributed by atoms with Crippen LogP contribution in [0.4, 0.5) is 0 Å². The molecule has 0 bridgehead atoms. The number of carbonyl (C=O) groups excluding carboxylic acids is 1. The second-order valence-electron chi connectivity index (χ2n) is 6.92. The van der Waals surface area contributed by atoms with E-state index in [9.17, 15) is 4.79 Å². The fraction of sp³-hybridized carbons (Fsp3) is 0.304. The van der Waals surface area contributed by atoms with Crippen molar-refractivity contribution in [3.63, 3.8) is 0 Å². The molecular formula is C23H25Cl2N3O3. The number of imidazole rings is 1. The van der Waals surface area contributed by atoms with Crippen molar-refractivity contribution in [1.82, 2.24) is 14.9 Å². The summed E-state index contributed by atoms with van der Waals surface area (Å²) in [6.45, 7) is 4.79. The number of halogens is 2. The molecule has 1 amide bonds. The third-order valence-electron chi connectivity index (χ3n) is 4.62. The minimum Gasteiger partial charge on any atom is -0.490 e. The zero-order valence-electron chi connectivity index (χ0n) is 17.7. The monoisotopic (exact) mass is 461 g/mol. The highest BCUT2D eigenvalue weighted by Crippen LogP contribution is 2.37. The van der Waals surface area contributed by atoms with Gasteiger partial charge in [-0.2, -0.15) is 0 Å². The van der Waals surface area contributed by atoms with Crippen molar-refractivity contribution in [3.05, 3.63) is 75.8 Å². The van der Waals surface area contributed by atoms with Crippen molar-refractivity contribution in [2.24, 2.45) is 7.05 Å². The normalized spacial score (nSPS) is 11.8. The standard InChI is InChI=1S/C23H25Cl2N3O3/c1-4-12-31-21-18(25)13-16(14-19(21)30-5-2)23(29)27-20(22-26-10-11-28(22)3)15-6-8-17(24)9-7-15/h6-11,13-14,20H,4-5,12H2,1-3H3,(H,27,29)/t20-/m0/s1. The Labute approximate surface area is 192 Å². The van der Waals surface area contributed by atoms with Crippen LogP contribution in [-0.2, 0) is 7.05 Å². The number of carbonyl (C=O) groups is 1. The van der Waals surface area contributed by atoms with Crippen LogP contribution in [0.25, 0.3) is 0 Å². The fourth-order valence-corrected chi connectivity index (χ4v) is 3.52. The third kappa shape index (κ3) is 5.51. The van der Waals surface area contributed by atoms with Crippen LogP contribution in [0.2, 0.25) is 10.0 Å². The maximum atomic E-state index is 13.2. The van der Waals surface area contributed by atoms with E-state index in [4.69, 9.17) is 32.7 Å². The van der Waals surface area contributed by atoms with Gasteiger partial charge in [-0.1, -0.05) is 42.3 Å². The van der Waals surface area contributed by atoms with Crippen LogP contribution in [0.5, 0.6) is 11.5 Å². The molecule has 1 N–H and O–H groups in total. The maximum Gasteiger partial charge on any atom is 0.252 e. The topological polar surface area (TPSA) is 65.4 Å². The molecule has 3 aromatic rings. The Morgan fingerprint density at radius 2 is 1.90 bits per heavy atom. The van der Waals surface area contributed by atoms with Gasteiger partial charge in [0.1, 0.15) is 11.9 Å². The van der Waals surface area contributed by atoms with Crippen molar-refractivity contribution in [3.8, 4) is 11.5 Å². The number of ether oxygens (including phenoxy) is 2. The van der Waals surface area contributed by atoms with Crippen molar-refractivity contribution >= 4 is 29.1 Å². The summed E-state index contributed by atoms with van der Waals surface area (Å²) in [5.74, 6) is 1.26. The van der Waals surface area contributed by atoms with Crippen LogP contribution < -0.4 is 14.8 Å². The van der Waals surface area contributed by atoms with Gasteiger partial charge in [0, 0.05) is 30.0 Å². The zero-order valence-corrected chi connectivity index (χ0v) is 19.2. The lowest BCUT2D eigenvalue weighted by molar-refractivity contribution is 0.0940. The summed E-state index contributed by atoms with van der Waals surface area (Å²) >= 11 is 12.5. The number of hydrogen-bond donors (Lipinski definition) is 1. The van der Waals surface area contributed by atoms with Crippen LogP contribution in [-0.4, -0.2) is 28.7 Å². The molecule has 0 aliphatic rings. The summed E-state index contributed by atoms with van der Waals surface area (Å²) in [6, 6.07) is 10.0. The molecule has 1 heterocycles. The van der Waals surface area contributed by atoms with Gasteiger partial charge in [-0.25, -0.2) is 4.98 Å². The molecule has 164 valence electrons. The third-order valence-corrected chi connectivity index (χ3v) is 5.15. The largest absolute Gasteiger partial charge is 0.490 e. The molecule has 31 heavy (non-hydrogen) atoms. The molecule has 3 rings (SSSR count). The summed E-state index contributed by atoms with van der Waals surface area (Å²) in [7, 11) is 1.88. The van der Waals surface area contributed by atoms with E-state index in [0.717, 1.165) is 12.0 Å². The molecule has 0 unspecified atom stereocenters. The molecule has 1 atom stereocenters. The Morgan fingerprint density at radius 1 is 1.16 bits per heavy atom. The van der Waals surface area contributed by atoms with E-state index in [-0.39, 0.29) is 5.91 Å². The average molecular weight is 462 g/mol. The minimum absolute atomic E-state index is 0.312. The Balaban J connectivity index is 1.94. The molecule has 0 radical (unpaired) electrons. The van der Waals surface area contributed by atoms with Crippen LogP contribution in [0.1, 0.15) is 48.1 Å². The predicted octanol–water partition coefficient (Wildman–Crippen LogP) is 5.43. The SMILES string of the molecule is CCCOc1c(Cl)cc(C(=O)N[C@@H](c2ccc(Cl)cc2)c2nccn2C)cc1OCC. The van der Waals surface area contributed by atoms with Gasteiger partial charge in [0.15, 0.2) is 11.5 Å². The first kappa shape index (κ1) is 23.0. The molecule has 0 aliphatic carbocycles. The van der Waals surface area contributed by atoms with Gasteiger partial charge in [-0.05, 0) is 43.2 Å². The molecule has 0 aliphatic heterocycles. The zero-order chi connectivity index (χ0) is 22.4. The smallest absolute Gasteiger partial charge is 0.252 e. The van der Waals surface area contributed by atoms with Crippen LogP contribution >= 0.6 is 23.2 Å². The molecule has 0 saturated heterocycles. The molecule has 6 nitrogen and oxygen atoms in total. The Kier molecular flexibility index (Phi) is 7.82. The summed E-state index contributed by atoms with van der Waals surface area (Å²) in [6.07, 6.45) is 4.35. The summed E-state index contributed by atoms with van der Waals surface area (Å²) < 4.78 is 13.3. The fourth-order valence-electron chi connectivity index (χ4n) is 3.13. The van der Waals surface area contributed by atoms with Gasteiger partial charge in [-0.3, -0.25) is 4.79 Å². The molecule has 1 aromatic heterocycles. The lowest BCUT2D eigenvalue weighted by atomic mass is 10.1. The van der Waals surface area contributed by atoms with Crippen molar-refractivity contribution in [1.29, 1.82) is 0 Å². The first-order valence-electron chi connectivity index (χ1n) is 10.1. The number of amides is 1. The van der Waals surface area contributed by atoms with Gasteiger partial charge >= 0.3 is 0 Å². The first-order valence-corrected chi connectivity index (χ1v) is 10.8. The second-order valence-corrected chi connectivity index (χ2v) is 7.76. The van der Waals surface area contributed by atoms with Crippen molar-refractivity contribution in [2.45, 2.75) is 26.3 Å². The van der Waals surface area contributed by atoms with E-state index < -0.39 is 6.04 Å². The van der Waals surface area contributed by atoms with Gasteiger partial charge in [-0.15, -0.1) is 0 Å². The first-order chi connectivity index (χ1) is 14.9. The van der Waals surface area contributed by atoms with Gasteiger partial charge in [0.2, 0.25) is 0 Å². The van der Waals surface area contributed by atoms with Crippen molar-refractivity contribution < 1.29 is 14.3 Å². The predicted molar refractivity (Wildman–Crippen MR) is 122 cm³/mol. The summed E-state index contributed by atoms with van der Waals surface area (Å²) in [5.41, 5.74) is 1.22. The van der Waals surface area contributed by atoms with E-state index >= 15 is 0 Å². The quantitative estimate of drug-likeness (QED) is 0.460. The number of rotatable bonds is 9. The van der Waals surface area contributed by atoms with E-state index in [1.807, 2.05) is 43.8 Å². The highest BCUT2D eigenvalue weighted by molar-refractivity contribution is 6.32. The maximum absolute atomic E-state index is 13.2. The van der Waals surface area contributed by atoms with E-state index in [1.54, 1.807) is 30.5 Å². The lowest BCUT2D eigenvalue weighted by Gasteiger charge is -2.20. The van der Waals surface area contributed by atoms with Crippen LogP contribution in [0, 0.1) is 0 Å². The molecule has 0 spiro atoms. The summed E-state index contributed by atoms with van der Waals surface area (Å²) in [4.78, 5) is 17.6. The number of nitrogens with zero attached hydrogens (tertiary/aromatic N) is 2. The Bertz CT molecular complexity index is 1040. The molecule has 0 fully saturated rings. The Morgan fingerprint density at radius 3 is 2.52 bits per heavy atom. The lowest BCUT2D eigenvalue weighted by Crippen LogP contribution is -2.31. The van der Waals surface area contributed by atoms with E-state index in [2.05, 4.69) is 10.3 Å². The number of aromatic nitrogens is 2. The van der Waals surface area contributed by atoms with E-state index in [0.29, 0.717) is 46.1 Å². The van der Waals surface area contributed by atoms with Gasteiger partial charge < -0.3 is 19.4 Å². The van der Waals surface area contributed by atoms with Crippen LogP contribution in [0.15, 0.2) is 48.8 Å². The van der Waals surface area contributed by atoms with Gasteiger partial charge in [0.25, 0.3) is 5.91 Å². The number of aryl methyl sites for hydroxylation is 1. The number of benzene rings is 2. The van der Waals surface area contributed by atoms with Crippen molar-refractivity contribution in [2.75, 3.05) is 13.2 Å². The summed E-state index contributed by atoms with van der Waals surface area (Å²) in [5, 5.41) is 3.99. The molecule has 2 aromatic carbocycles. The number of hydrogen-bond acceptors (Lipinski definition) is 4. The molecule has 8 heteroatoms. The van der Waals surface area contributed by atoms with E-state index in [1.165, 1.54) is 0 Å². The molecular weight excluding hydrogens is 437 g/mol. The highest BCUT2D eigenvalue weighted by atomic mass is 35.5. The highest BCUT2D eigenvalue weighted by Gasteiger charge is 2.23.